The highest BCUT2D eigenvalue weighted by Crippen LogP contribution is 2.35. The third-order valence-corrected chi connectivity index (χ3v) is 3.84. The van der Waals surface area contributed by atoms with Crippen molar-refractivity contribution in [3.05, 3.63) is 28.8 Å². The van der Waals surface area contributed by atoms with E-state index in [0.29, 0.717) is 5.69 Å². The van der Waals surface area contributed by atoms with Gasteiger partial charge in [-0.25, -0.2) is 8.78 Å². The van der Waals surface area contributed by atoms with E-state index in [2.05, 4.69) is 5.32 Å². The molecule has 1 aromatic rings. The van der Waals surface area contributed by atoms with Crippen molar-refractivity contribution in [3.8, 4) is 0 Å². The largest absolute Gasteiger partial charge is 0.393 e. The summed E-state index contributed by atoms with van der Waals surface area (Å²) in [5, 5.41) is 12.8. The van der Waals surface area contributed by atoms with Gasteiger partial charge in [0.05, 0.1) is 6.10 Å². The Morgan fingerprint density at radius 1 is 1.26 bits per heavy atom. The molecule has 1 aliphatic carbocycles. The van der Waals surface area contributed by atoms with Gasteiger partial charge in [0.1, 0.15) is 0 Å². The van der Waals surface area contributed by atoms with Gasteiger partial charge in [-0.05, 0) is 43.9 Å². The van der Waals surface area contributed by atoms with Crippen LogP contribution in [0.5, 0.6) is 0 Å². The standard InChI is InChI=1S/C14H18ClF2NO/c1-14(16,17)12-8-10(4-7-13(12)15)18-9-2-5-11(19)6-3-9/h4,7-9,11,18-19H,2-3,5-6H2,1H3/t9-,11-. The van der Waals surface area contributed by atoms with Gasteiger partial charge in [0.25, 0.3) is 5.92 Å². The summed E-state index contributed by atoms with van der Waals surface area (Å²) >= 11 is 5.80. The summed E-state index contributed by atoms with van der Waals surface area (Å²) in [7, 11) is 0. The van der Waals surface area contributed by atoms with Crippen molar-refractivity contribution in [1.29, 1.82) is 0 Å². The molecule has 0 radical (unpaired) electrons. The second-order valence-corrected chi connectivity index (χ2v) is 5.64. The lowest BCUT2D eigenvalue weighted by Gasteiger charge is -2.27. The van der Waals surface area contributed by atoms with Crippen molar-refractivity contribution < 1.29 is 13.9 Å². The average Bonchev–Trinajstić information content (AvgIpc) is 2.33. The average molecular weight is 290 g/mol. The number of hydrogen-bond acceptors (Lipinski definition) is 2. The number of benzene rings is 1. The van der Waals surface area contributed by atoms with Gasteiger partial charge in [-0.2, -0.15) is 0 Å². The summed E-state index contributed by atoms with van der Waals surface area (Å²) in [5.74, 6) is -2.95. The van der Waals surface area contributed by atoms with E-state index in [0.717, 1.165) is 32.6 Å². The number of alkyl halides is 2. The smallest absolute Gasteiger partial charge is 0.272 e. The molecule has 0 spiro atoms. The molecule has 2 rings (SSSR count). The molecule has 0 saturated heterocycles. The summed E-state index contributed by atoms with van der Waals surface area (Å²) in [4.78, 5) is 0. The first-order valence-electron chi connectivity index (χ1n) is 6.48. The maximum Gasteiger partial charge on any atom is 0.272 e. The third kappa shape index (κ3) is 3.80. The lowest BCUT2D eigenvalue weighted by atomic mass is 9.93. The summed E-state index contributed by atoms with van der Waals surface area (Å²) in [6.45, 7) is 0.842. The molecule has 19 heavy (non-hydrogen) atoms. The zero-order valence-corrected chi connectivity index (χ0v) is 11.6. The Kier molecular flexibility index (Phi) is 4.31. The molecule has 0 bridgehead atoms. The van der Waals surface area contributed by atoms with Crippen molar-refractivity contribution in [2.24, 2.45) is 0 Å². The molecular formula is C14H18ClF2NO. The van der Waals surface area contributed by atoms with Crippen LogP contribution in [0, 0.1) is 0 Å². The van der Waals surface area contributed by atoms with E-state index in [9.17, 15) is 13.9 Å². The van der Waals surface area contributed by atoms with E-state index < -0.39 is 5.92 Å². The van der Waals surface area contributed by atoms with E-state index >= 15 is 0 Å². The van der Waals surface area contributed by atoms with Gasteiger partial charge in [0.2, 0.25) is 0 Å². The number of anilines is 1. The molecular weight excluding hydrogens is 272 g/mol. The molecule has 2 N–H and O–H groups in total. The minimum Gasteiger partial charge on any atom is -0.393 e. The van der Waals surface area contributed by atoms with Crippen molar-refractivity contribution in [2.45, 2.75) is 50.7 Å². The van der Waals surface area contributed by atoms with Crippen LogP contribution in [-0.2, 0) is 5.92 Å². The second-order valence-electron chi connectivity index (χ2n) is 5.23. The zero-order chi connectivity index (χ0) is 14.0. The molecule has 0 heterocycles. The second kappa shape index (κ2) is 5.63. The first kappa shape index (κ1) is 14.5. The van der Waals surface area contributed by atoms with E-state index in [1.54, 1.807) is 6.07 Å². The molecule has 1 saturated carbocycles. The van der Waals surface area contributed by atoms with E-state index in [1.807, 2.05) is 0 Å². The molecule has 1 aromatic carbocycles. The number of hydrogen-bond donors (Lipinski definition) is 2. The topological polar surface area (TPSA) is 32.3 Å². The summed E-state index contributed by atoms with van der Waals surface area (Å²) < 4.78 is 26.8. The maximum atomic E-state index is 13.4. The van der Waals surface area contributed by atoms with E-state index in [-0.39, 0.29) is 22.7 Å². The highest BCUT2D eigenvalue weighted by molar-refractivity contribution is 6.31. The van der Waals surface area contributed by atoms with Crippen molar-refractivity contribution in [1.82, 2.24) is 0 Å². The van der Waals surface area contributed by atoms with E-state index in [4.69, 9.17) is 11.6 Å². The van der Waals surface area contributed by atoms with Crippen molar-refractivity contribution in [3.63, 3.8) is 0 Å². The Morgan fingerprint density at radius 2 is 1.89 bits per heavy atom. The van der Waals surface area contributed by atoms with Crippen molar-refractivity contribution in [2.75, 3.05) is 5.32 Å². The van der Waals surface area contributed by atoms with Gasteiger partial charge >= 0.3 is 0 Å². The van der Waals surface area contributed by atoms with Crippen LogP contribution < -0.4 is 5.32 Å². The predicted octanol–water partition coefficient (Wildman–Crippen LogP) is 4.17. The minimum absolute atomic E-state index is 0.0807. The molecule has 1 aliphatic rings. The van der Waals surface area contributed by atoms with Crippen LogP contribution in [-0.4, -0.2) is 17.3 Å². The van der Waals surface area contributed by atoms with Gasteiger partial charge in [0, 0.05) is 29.2 Å². The van der Waals surface area contributed by atoms with Crippen LogP contribution in [0.2, 0.25) is 5.02 Å². The minimum atomic E-state index is -2.95. The SMILES string of the molecule is CC(F)(F)c1cc(N[C@H]2CC[C@H](O)CC2)ccc1Cl. The van der Waals surface area contributed by atoms with Gasteiger partial charge in [0.15, 0.2) is 0 Å². The summed E-state index contributed by atoms with van der Waals surface area (Å²) in [6.07, 6.45) is 2.98. The normalized spacial score (nSPS) is 24.3. The number of rotatable bonds is 3. The fraction of sp³-hybridized carbons (Fsp3) is 0.571. The monoisotopic (exact) mass is 289 g/mol. The number of nitrogens with one attached hydrogen (secondary N) is 1. The van der Waals surface area contributed by atoms with Crippen LogP contribution in [0.25, 0.3) is 0 Å². The highest BCUT2D eigenvalue weighted by atomic mass is 35.5. The molecule has 0 aliphatic heterocycles. The number of aliphatic hydroxyl groups excluding tert-OH is 1. The number of aliphatic hydroxyl groups is 1. The Hall–Kier alpha value is -0.870. The molecule has 0 unspecified atom stereocenters. The Labute approximate surface area is 116 Å². The van der Waals surface area contributed by atoms with Gasteiger partial charge in [-0.15, -0.1) is 0 Å². The molecule has 2 nitrogen and oxygen atoms in total. The third-order valence-electron chi connectivity index (χ3n) is 3.51. The van der Waals surface area contributed by atoms with Gasteiger partial charge in [-0.1, -0.05) is 11.6 Å². The Morgan fingerprint density at radius 3 is 2.47 bits per heavy atom. The van der Waals surface area contributed by atoms with Crippen LogP contribution in [0.3, 0.4) is 0 Å². The first-order valence-corrected chi connectivity index (χ1v) is 6.86. The predicted molar refractivity (Wildman–Crippen MR) is 72.9 cm³/mol. The Bertz CT molecular complexity index is 440. The zero-order valence-electron chi connectivity index (χ0n) is 10.8. The molecule has 106 valence electrons. The summed E-state index contributed by atoms with van der Waals surface area (Å²) in [6, 6.07) is 4.84. The van der Waals surface area contributed by atoms with E-state index in [1.165, 1.54) is 12.1 Å². The maximum absolute atomic E-state index is 13.4. The number of halogens is 3. The van der Waals surface area contributed by atoms with Crippen LogP contribution in [0.1, 0.15) is 38.2 Å². The summed E-state index contributed by atoms with van der Waals surface area (Å²) in [5.41, 5.74) is 0.498. The lowest BCUT2D eigenvalue weighted by Crippen LogP contribution is -2.28. The van der Waals surface area contributed by atoms with Gasteiger partial charge in [-0.3, -0.25) is 0 Å². The fourth-order valence-corrected chi connectivity index (χ4v) is 2.69. The van der Waals surface area contributed by atoms with Crippen LogP contribution >= 0.6 is 11.6 Å². The molecule has 0 amide bonds. The molecule has 0 aromatic heterocycles. The molecule has 5 heteroatoms. The van der Waals surface area contributed by atoms with Crippen LogP contribution in [0.4, 0.5) is 14.5 Å². The van der Waals surface area contributed by atoms with Crippen molar-refractivity contribution >= 4 is 17.3 Å². The quantitative estimate of drug-likeness (QED) is 0.875. The first-order chi connectivity index (χ1) is 8.86. The molecule has 0 atom stereocenters. The molecule has 1 fully saturated rings. The Balaban J connectivity index is 2.09. The highest BCUT2D eigenvalue weighted by Gasteiger charge is 2.28. The lowest BCUT2D eigenvalue weighted by molar-refractivity contribution is 0.0176. The van der Waals surface area contributed by atoms with Gasteiger partial charge < -0.3 is 10.4 Å². The fourth-order valence-electron chi connectivity index (χ4n) is 2.41. The van der Waals surface area contributed by atoms with Crippen LogP contribution in [0.15, 0.2) is 18.2 Å².